The van der Waals surface area contributed by atoms with Gasteiger partial charge in [0.05, 0.1) is 17.3 Å². The number of benzene rings is 2. The zero-order chi connectivity index (χ0) is 21.9. The molecule has 0 spiro atoms. The highest BCUT2D eigenvalue weighted by Crippen LogP contribution is 2.28. The van der Waals surface area contributed by atoms with E-state index in [9.17, 15) is 23.5 Å². The Morgan fingerprint density at radius 2 is 1.67 bits per heavy atom. The number of aromatic carboxylic acids is 1. The molecule has 0 aliphatic rings. The second-order valence-electron chi connectivity index (χ2n) is 6.99. The second kappa shape index (κ2) is 8.28. The third-order valence-corrected chi connectivity index (χ3v) is 4.35. The number of pyridine rings is 1. The van der Waals surface area contributed by atoms with E-state index in [0.717, 1.165) is 12.3 Å². The predicted molar refractivity (Wildman–Crippen MR) is 105 cm³/mol. The zero-order valence-corrected chi connectivity index (χ0v) is 16.1. The predicted octanol–water partition coefficient (Wildman–Crippen LogP) is 4.52. The fourth-order valence-corrected chi connectivity index (χ4v) is 2.92. The zero-order valence-electron chi connectivity index (χ0n) is 16.1. The maximum Gasteiger partial charge on any atom is 0.336 e. The molecule has 0 unspecified atom stereocenters. The van der Waals surface area contributed by atoms with E-state index >= 15 is 0 Å². The molecule has 3 aromatic rings. The lowest BCUT2D eigenvalue weighted by Gasteiger charge is -2.28. The number of amides is 1. The highest BCUT2D eigenvalue weighted by Gasteiger charge is 2.29. The van der Waals surface area contributed by atoms with Crippen LogP contribution in [0.5, 0.6) is 11.6 Å². The van der Waals surface area contributed by atoms with Crippen LogP contribution in [0.2, 0.25) is 0 Å². The number of carbonyl (C=O) groups excluding carboxylic acids is 1. The first-order chi connectivity index (χ1) is 14.2. The quantitative estimate of drug-likeness (QED) is 0.622. The van der Waals surface area contributed by atoms with E-state index in [4.69, 9.17) is 4.74 Å². The van der Waals surface area contributed by atoms with Crippen molar-refractivity contribution in [3.05, 3.63) is 89.1 Å². The largest absolute Gasteiger partial charge is 0.478 e. The van der Waals surface area contributed by atoms with Gasteiger partial charge in [0.2, 0.25) is 5.88 Å². The first-order valence-corrected chi connectivity index (χ1v) is 8.91. The van der Waals surface area contributed by atoms with Gasteiger partial charge in [0.15, 0.2) is 0 Å². The lowest BCUT2D eigenvalue weighted by Crippen LogP contribution is -2.42. The highest BCUT2D eigenvalue weighted by molar-refractivity contribution is 5.97. The van der Waals surface area contributed by atoms with Crippen molar-refractivity contribution in [1.29, 1.82) is 0 Å². The number of carboxylic acid groups (broad SMARTS) is 1. The first kappa shape index (κ1) is 20.9. The van der Waals surface area contributed by atoms with Crippen LogP contribution in [0.4, 0.5) is 8.78 Å². The Morgan fingerprint density at radius 3 is 2.33 bits per heavy atom. The molecule has 0 aliphatic heterocycles. The summed E-state index contributed by atoms with van der Waals surface area (Å²) in [4.78, 5) is 28.3. The van der Waals surface area contributed by atoms with Gasteiger partial charge in [0.25, 0.3) is 5.91 Å². The van der Waals surface area contributed by atoms with E-state index in [1.165, 1.54) is 30.3 Å². The molecule has 1 amide bonds. The van der Waals surface area contributed by atoms with E-state index in [1.54, 1.807) is 32.0 Å². The van der Waals surface area contributed by atoms with Crippen molar-refractivity contribution in [2.24, 2.45) is 0 Å². The average molecular weight is 412 g/mol. The molecule has 8 heteroatoms. The van der Waals surface area contributed by atoms with Crippen molar-refractivity contribution in [2.75, 3.05) is 0 Å². The lowest BCUT2D eigenvalue weighted by molar-refractivity contribution is 0.0690. The molecule has 0 fully saturated rings. The van der Waals surface area contributed by atoms with Crippen LogP contribution in [0.15, 0.2) is 60.8 Å². The van der Waals surface area contributed by atoms with Gasteiger partial charge in [0.1, 0.15) is 22.9 Å². The number of hydrogen-bond donors (Lipinski definition) is 2. The molecular formula is C22H18F2N2O4. The van der Waals surface area contributed by atoms with Gasteiger partial charge in [-0.25, -0.2) is 18.6 Å². The van der Waals surface area contributed by atoms with E-state index < -0.39 is 29.0 Å². The van der Waals surface area contributed by atoms with Crippen molar-refractivity contribution >= 4 is 11.9 Å². The Labute approximate surface area is 171 Å². The molecule has 0 atom stereocenters. The summed E-state index contributed by atoms with van der Waals surface area (Å²) in [6.07, 6.45) is 0.889. The molecule has 30 heavy (non-hydrogen) atoms. The monoisotopic (exact) mass is 412 g/mol. The fraction of sp³-hybridized carbons (Fsp3) is 0.136. The summed E-state index contributed by atoms with van der Waals surface area (Å²) in [6.45, 7) is 3.25. The summed E-state index contributed by atoms with van der Waals surface area (Å²) in [6, 6.07) is 12.2. The molecule has 0 bridgehead atoms. The molecule has 2 aromatic carbocycles. The van der Waals surface area contributed by atoms with E-state index in [2.05, 4.69) is 10.3 Å². The van der Waals surface area contributed by atoms with Crippen LogP contribution in [0, 0.1) is 11.6 Å². The van der Waals surface area contributed by atoms with Crippen LogP contribution < -0.4 is 10.1 Å². The number of nitrogens with zero attached hydrogens (tertiary/aromatic N) is 1. The van der Waals surface area contributed by atoms with E-state index in [1.807, 2.05) is 0 Å². The normalized spacial score (nSPS) is 11.1. The Kier molecular flexibility index (Phi) is 5.77. The Morgan fingerprint density at radius 1 is 1.00 bits per heavy atom. The number of nitrogens with one attached hydrogen (secondary N) is 1. The number of hydrogen-bond acceptors (Lipinski definition) is 4. The van der Waals surface area contributed by atoms with Gasteiger partial charge in [-0.2, -0.15) is 0 Å². The minimum absolute atomic E-state index is 0.0305. The smallest absolute Gasteiger partial charge is 0.336 e. The standard InChI is InChI=1S/C22H18F2N2O4/c1-22(2,18-6-4-3-5-16(18)21(28)29)26-19(27)17-11-14(24)12-25-20(17)30-15-9-7-13(23)8-10-15/h3-12H,1-2H3,(H,26,27)(H,28,29). The molecule has 2 N–H and O–H groups in total. The number of carboxylic acids is 1. The minimum atomic E-state index is -1.14. The molecule has 0 saturated heterocycles. The van der Waals surface area contributed by atoms with Crippen LogP contribution in [0.1, 0.15) is 40.1 Å². The Bertz CT molecular complexity index is 1100. The average Bonchev–Trinajstić information content (AvgIpc) is 2.70. The number of ether oxygens (including phenoxy) is 1. The topological polar surface area (TPSA) is 88.5 Å². The van der Waals surface area contributed by atoms with Crippen LogP contribution in [-0.4, -0.2) is 22.0 Å². The number of carbonyl (C=O) groups is 2. The molecule has 0 aliphatic carbocycles. The van der Waals surface area contributed by atoms with Crippen molar-refractivity contribution < 1.29 is 28.2 Å². The van der Waals surface area contributed by atoms with Gasteiger partial charge in [-0.3, -0.25) is 4.79 Å². The maximum atomic E-state index is 13.8. The molecule has 3 rings (SSSR count). The minimum Gasteiger partial charge on any atom is -0.478 e. The maximum absolute atomic E-state index is 13.8. The van der Waals surface area contributed by atoms with E-state index in [0.29, 0.717) is 5.56 Å². The summed E-state index contributed by atoms with van der Waals surface area (Å²) in [5.41, 5.74) is -0.898. The van der Waals surface area contributed by atoms with Gasteiger partial charge < -0.3 is 15.2 Å². The summed E-state index contributed by atoms with van der Waals surface area (Å²) >= 11 is 0. The summed E-state index contributed by atoms with van der Waals surface area (Å²) in [7, 11) is 0. The number of rotatable bonds is 6. The highest BCUT2D eigenvalue weighted by atomic mass is 19.1. The molecule has 1 aromatic heterocycles. The van der Waals surface area contributed by atoms with Crippen molar-refractivity contribution in [2.45, 2.75) is 19.4 Å². The van der Waals surface area contributed by atoms with Gasteiger partial charge >= 0.3 is 5.97 Å². The molecule has 0 saturated carbocycles. The molecule has 1 heterocycles. The molecule has 0 radical (unpaired) electrons. The van der Waals surface area contributed by atoms with Gasteiger partial charge in [-0.1, -0.05) is 18.2 Å². The van der Waals surface area contributed by atoms with Crippen LogP contribution in [-0.2, 0) is 5.54 Å². The van der Waals surface area contributed by atoms with Crippen molar-refractivity contribution in [3.8, 4) is 11.6 Å². The van der Waals surface area contributed by atoms with Crippen LogP contribution in [0.25, 0.3) is 0 Å². The lowest BCUT2D eigenvalue weighted by atomic mass is 9.89. The Balaban J connectivity index is 1.92. The van der Waals surface area contributed by atoms with Gasteiger partial charge in [-0.05, 0) is 55.8 Å². The van der Waals surface area contributed by atoms with E-state index in [-0.39, 0.29) is 22.8 Å². The summed E-state index contributed by atoms with van der Waals surface area (Å²) < 4.78 is 32.4. The van der Waals surface area contributed by atoms with Crippen LogP contribution >= 0.6 is 0 Å². The third-order valence-electron chi connectivity index (χ3n) is 4.35. The number of aromatic nitrogens is 1. The molecule has 6 nitrogen and oxygen atoms in total. The fourth-order valence-electron chi connectivity index (χ4n) is 2.92. The SMILES string of the molecule is CC(C)(NC(=O)c1cc(F)cnc1Oc1ccc(F)cc1)c1ccccc1C(=O)O. The molecule has 154 valence electrons. The van der Waals surface area contributed by atoms with Crippen molar-refractivity contribution in [3.63, 3.8) is 0 Å². The van der Waals surface area contributed by atoms with Crippen LogP contribution in [0.3, 0.4) is 0 Å². The van der Waals surface area contributed by atoms with Gasteiger partial charge in [-0.15, -0.1) is 0 Å². The number of halogens is 2. The van der Waals surface area contributed by atoms with Gasteiger partial charge in [0, 0.05) is 0 Å². The second-order valence-corrected chi connectivity index (χ2v) is 6.99. The summed E-state index contributed by atoms with van der Waals surface area (Å²) in [5, 5.41) is 12.1. The first-order valence-electron chi connectivity index (χ1n) is 8.91. The Hall–Kier alpha value is -3.81. The summed E-state index contributed by atoms with van der Waals surface area (Å²) in [5.74, 6) is -3.05. The third kappa shape index (κ3) is 4.60. The van der Waals surface area contributed by atoms with Crippen molar-refractivity contribution in [1.82, 2.24) is 10.3 Å². The molecular weight excluding hydrogens is 394 g/mol.